The van der Waals surface area contributed by atoms with Crippen molar-refractivity contribution >= 4 is 5.91 Å². The summed E-state index contributed by atoms with van der Waals surface area (Å²) in [5.74, 6) is 0.821. The van der Waals surface area contributed by atoms with Crippen molar-refractivity contribution in [1.82, 2.24) is 9.80 Å². The van der Waals surface area contributed by atoms with Gasteiger partial charge in [-0.3, -0.25) is 9.69 Å². The molecule has 1 heterocycles. The fraction of sp³-hybridized carbons (Fsp3) is 0.708. The van der Waals surface area contributed by atoms with Crippen LogP contribution in [0.5, 0.6) is 0 Å². The number of nitrogens with zero attached hydrogens (tertiary/aromatic N) is 2. The Morgan fingerprint density at radius 1 is 0.893 bits per heavy atom. The maximum absolute atomic E-state index is 13.6. The molecule has 2 aliphatic carbocycles. The molecule has 3 aliphatic rings. The predicted octanol–water partition coefficient (Wildman–Crippen LogP) is 3.79. The van der Waals surface area contributed by atoms with Gasteiger partial charge < -0.3 is 10.0 Å². The lowest BCUT2D eigenvalue weighted by molar-refractivity contribution is -0.161. The van der Waals surface area contributed by atoms with Gasteiger partial charge in [0.15, 0.2) is 5.60 Å². The molecule has 1 aromatic carbocycles. The molecule has 0 aromatic heterocycles. The molecular formula is C24H36N2O2. The molecule has 2 saturated carbocycles. The molecular weight excluding hydrogens is 348 g/mol. The third-order valence-electron chi connectivity index (χ3n) is 7.39. The maximum atomic E-state index is 13.6. The monoisotopic (exact) mass is 384 g/mol. The summed E-state index contributed by atoms with van der Waals surface area (Å²) in [5, 5.41) is 11.7. The summed E-state index contributed by atoms with van der Waals surface area (Å²) in [4.78, 5) is 18.0. The maximum Gasteiger partial charge on any atom is 0.259 e. The zero-order valence-electron chi connectivity index (χ0n) is 17.2. The van der Waals surface area contributed by atoms with Gasteiger partial charge in [-0.2, -0.15) is 0 Å². The summed E-state index contributed by atoms with van der Waals surface area (Å²) in [6, 6.07) is 9.67. The van der Waals surface area contributed by atoms with Crippen molar-refractivity contribution in [3.05, 3.63) is 35.9 Å². The van der Waals surface area contributed by atoms with Crippen LogP contribution in [0, 0.1) is 11.8 Å². The van der Waals surface area contributed by atoms with E-state index < -0.39 is 5.60 Å². The molecule has 154 valence electrons. The molecule has 0 unspecified atom stereocenters. The van der Waals surface area contributed by atoms with Crippen LogP contribution in [-0.2, 0) is 10.4 Å². The number of carbonyl (C=O) groups is 1. The van der Waals surface area contributed by atoms with Crippen molar-refractivity contribution in [2.45, 2.75) is 63.4 Å². The Kier molecular flexibility index (Phi) is 6.37. The fourth-order valence-electron chi connectivity index (χ4n) is 5.68. The first-order valence-electron chi connectivity index (χ1n) is 11.5. The smallest absolute Gasteiger partial charge is 0.259 e. The highest BCUT2D eigenvalue weighted by atomic mass is 16.3. The minimum Gasteiger partial charge on any atom is -0.375 e. The number of hydrogen-bond acceptors (Lipinski definition) is 3. The van der Waals surface area contributed by atoms with E-state index in [2.05, 4.69) is 4.90 Å². The molecule has 1 saturated heterocycles. The second kappa shape index (κ2) is 8.96. The van der Waals surface area contributed by atoms with E-state index in [1.165, 1.54) is 38.6 Å². The first-order chi connectivity index (χ1) is 13.7. The van der Waals surface area contributed by atoms with Crippen LogP contribution in [0.3, 0.4) is 0 Å². The van der Waals surface area contributed by atoms with Crippen LogP contribution < -0.4 is 0 Å². The van der Waals surface area contributed by atoms with Crippen molar-refractivity contribution in [2.24, 2.45) is 11.8 Å². The third-order valence-corrected chi connectivity index (χ3v) is 7.39. The van der Waals surface area contributed by atoms with Crippen LogP contribution in [-0.4, -0.2) is 53.5 Å². The number of aliphatic hydroxyl groups is 1. The molecule has 4 heteroatoms. The van der Waals surface area contributed by atoms with E-state index in [-0.39, 0.29) is 11.8 Å². The van der Waals surface area contributed by atoms with E-state index in [1.54, 1.807) is 0 Å². The quantitative estimate of drug-likeness (QED) is 0.840. The predicted molar refractivity (Wildman–Crippen MR) is 112 cm³/mol. The summed E-state index contributed by atoms with van der Waals surface area (Å²) in [6.07, 6.45) is 11.0. The van der Waals surface area contributed by atoms with E-state index in [9.17, 15) is 9.90 Å². The lowest BCUT2D eigenvalue weighted by atomic mass is 9.79. The van der Waals surface area contributed by atoms with Gasteiger partial charge in [0.2, 0.25) is 0 Å². The molecule has 1 aliphatic heterocycles. The molecule has 1 atom stereocenters. The lowest BCUT2D eigenvalue weighted by Crippen LogP contribution is -2.57. The number of rotatable bonds is 5. The Morgan fingerprint density at radius 2 is 1.50 bits per heavy atom. The van der Waals surface area contributed by atoms with E-state index >= 15 is 0 Å². The van der Waals surface area contributed by atoms with Gasteiger partial charge in [0.25, 0.3) is 5.91 Å². The number of piperazine rings is 1. The van der Waals surface area contributed by atoms with E-state index in [1.807, 2.05) is 35.2 Å². The molecule has 0 spiro atoms. The largest absolute Gasteiger partial charge is 0.375 e. The minimum absolute atomic E-state index is 0.0441. The average Bonchev–Trinajstić information content (AvgIpc) is 3.30. The second-order valence-corrected chi connectivity index (χ2v) is 9.21. The Hall–Kier alpha value is -1.39. The minimum atomic E-state index is -1.36. The highest BCUT2D eigenvalue weighted by molar-refractivity contribution is 5.87. The van der Waals surface area contributed by atoms with Gasteiger partial charge in [0, 0.05) is 38.6 Å². The number of benzene rings is 1. The first-order valence-corrected chi connectivity index (χ1v) is 11.5. The van der Waals surface area contributed by atoms with Gasteiger partial charge in [-0.15, -0.1) is 0 Å². The average molecular weight is 385 g/mol. The zero-order chi connectivity index (χ0) is 19.4. The molecule has 1 N–H and O–H groups in total. The summed E-state index contributed by atoms with van der Waals surface area (Å²) >= 11 is 0. The van der Waals surface area contributed by atoms with E-state index in [0.29, 0.717) is 0 Å². The van der Waals surface area contributed by atoms with Crippen LogP contribution in [0.15, 0.2) is 30.3 Å². The molecule has 1 amide bonds. The topological polar surface area (TPSA) is 43.8 Å². The highest BCUT2D eigenvalue weighted by Crippen LogP contribution is 2.42. The fourth-order valence-corrected chi connectivity index (χ4v) is 5.68. The third kappa shape index (κ3) is 4.13. The van der Waals surface area contributed by atoms with Crippen molar-refractivity contribution in [3.63, 3.8) is 0 Å². The van der Waals surface area contributed by atoms with Crippen LogP contribution >= 0.6 is 0 Å². The molecule has 28 heavy (non-hydrogen) atoms. The number of carbonyl (C=O) groups excluding carboxylic acids is 1. The van der Waals surface area contributed by atoms with Crippen molar-refractivity contribution in [1.29, 1.82) is 0 Å². The molecule has 4 rings (SSSR count). The molecule has 3 fully saturated rings. The van der Waals surface area contributed by atoms with Gasteiger partial charge in [-0.05, 0) is 37.2 Å². The second-order valence-electron chi connectivity index (χ2n) is 9.21. The Morgan fingerprint density at radius 3 is 2.14 bits per heavy atom. The van der Waals surface area contributed by atoms with Crippen molar-refractivity contribution in [2.75, 3.05) is 32.7 Å². The van der Waals surface area contributed by atoms with Gasteiger partial charge in [-0.25, -0.2) is 0 Å². The van der Waals surface area contributed by atoms with Crippen LogP contribution in [0.1, 0.15) is 63.4 Å². The standard InChI is InChI=1S/C24H36N2O2/c27-23(24(28,22-13-7-8-14-22)21-11-5-2-6-12-21)26-17-15-25(16-18-26)19-20-9-3-1-4-10-20/h2,5-6,11-12,20,22,28H,1,3-4,7-10,13-19H2/t24-/m0/s1. The normalized spacial score (nSPS) is 25.0. The van der Waals surface area contributed by atoms with Crippen LogP contribution in [0.4, 0.5) is 0 Å². The van der Waals surface area contributed by atoms with Gasteiger partial charge >= 0.3 is 0 Å². The SMILES string of the molecule is O=C(N1CCN(CC2CCCCC2)CC1)[C@](O)(c1ccccc1)C1CCCC1. The molecule has 4 nitrogen and oxygen atoms in total. The van der Waals surface area contributed by atoms with Crippen LogP contribution in [0.25, 0.3) is 0 Å². The Labute approximate surface area is 169 Å². The van der Waals surface area contributed by atoms with Gasteiger partial charge in [-0.1, -0.05) is 62.4 Å². The molecule has 1 aromatic rings. The van der Waals surface area contributed by atoms with Crippen LogP contribution in [0.2, 0.25) is 0 Å². The van der Waals surface area contributed by atoms with E-state index in [0.717, 1.165) is 63.3 Å². The zero-order valence-corrected chi connectivity index (χ0v) is 17.2. The lowest BCUT2D eigenvalue weighted by Gasteiger charge is -2.42. The summed E-state index contributed by atoms with van der Waals surface area (Å²) in [5.41, 5.74) is -0.583. The van der Waals surface area contributed by atoms with E-state index in [4.69, 9.17) is 0 Å². The Bertz CT molecular complexity index is 629. The van der Waals surface area contributed by atoms with Crippen molar-refractivity contribution < 1.29 is 9.90 Å². The summed E-state index contributed by atoms with van der Waals surface area (Å²) < 4.78 is 0. The molecule has 0 radical (unpaired) electrons. The van der Waals surface area contributed by atoms with Gasteiger partial charge in [0.05, 0.1) is 0 Å². The molecule has 0 bridgehead atoms. The summed E-state index contributed by atoms with van der Waals surface area (Å²) in [6.45, 7) is 4.56. The Balaban J connectivity index is 1.42. The summed E-state index contributed by atoms with van der Waals surface area (Å²) in [7, 11) is 0. The first kappa shape index (κ1) is 19.9. The number of amides is 1. The number of hydrogen-bond donors (Lipinski definition) is 1. The van der Waals surface area contributed by atoms with Crippen molar-refractivity contribution in [3.8, 4) is 0 Å². The highest BCUT2D eigenvalue weighted by Gasteiger charge is 2.48. The van der Waals surface area contributed by atoms with Gasteiger partial charge in [0.1, 0.15) is 0 Å².